The highest BCUT2D eigenvalue weighted by atomic mass is 16.6. The van der Waals surface area contributed by atoms with E-state index in [1.54, 1.807) is 0 Å². The van der Waals surface area contributed by atoms with E-state index in [-0.39, 0.29) is 5.91 Å². The van der Waals surface area contributed by atoms with Crippen LogP contribution in [0.4, 0.5) is 0 Å². The summed E-state index contributed by atoms with van der Waals surface area (Å²) in [4.78, 5) is 11.5. The first-order valence-electron chi connectivity index (χ1n) is 7.51. The van der Waals surface area contributed by atoms with Gasteiger partial charge in [0.25, 0.3) is 0 Å². The molecular formula is C16H24N2O3. The van der Waals surface area contributed by atoms with Gasteiger partial charge in [-0.3, -0.25) is 4.79 Å². The number of ether oxygens (including phenoxy) is 2. The third-order valence-electron chi connectivity index (χ3n) is 3.19. The maximum absolute atomic E-state index is 11.5. The number of hydrogen-bond donors (Lipinski definition) is 2. The van der Waals surface area contributed by atoms with Gasteiger partial charge in [0.05, 0.1) is 6.54 Å². The van der Waals surface area contributed by atoms with Crippen LogP contribution in [0.3, 0.4) is 0 Å². The lowest BCUT2D eigenvalue weighted by molar-refractivity contribution is -0.120. The minimum absolute atomic E-state index is 0.0471. The average Bonchev–Trinajstić information content (AvgIpc) is 2.49. The summed E-state index contributed by atoms with van der Waals surface area (Å²) in [5.74, 6) is 2.15. The number of hydrogen-bond acceptors (Lipinski definition) is 4. The molecule has 21 heavy (non-hydrogen) atoms. The van der Waals surface area contributed by atoms with Gasteiger partial charge in [-0.05, 0) is 36.6 Å². The van der Waals surface area contributed by atoms with Gasteiger partial charge in [-0.15, -0.1) is 0 Å². The van der Waals surface area contributed by atoms with Crippen molar-refractivity contribution in [1.82, 2.24) is 10.6 Å². The Balaban J connectivity index is 1.68. The van der Waals surface area contributed by atoms with Gasteiger partial charge in [-0.25, -0.2) is 0 Å². The second-order valence-electron chi connectivity index (χ2n) is 5.60. The van der Waals surface area contributed by atoms with Crippen LogP contribution in [0, 0.1) is 5.92 Å². The Morgan fingerprint density at radius 1 is 1.24 bits per heavy atom. The van der Waals surface area contributed by atoms with E-state index in [0.717, 1.165) is 31.0 Å². The van der Waals surface area contributed by atoms with Gasteiger partial charge in [-0.2, -0.15) is 0 Å². The molecular weight excluding hydrogens is 268 g/mol. The maximum atomic E-state index is 11.5. The lowest BCUT2D eigenvalue weighted by Crippen LogP contribution is -2.36. The molecule has 1 amide bonds. The van der Waals surface area contributed by atoms with Crippen molar-refractivity contribution in [2.24, 2.45) is 5.92 Å². The van der Waals surface area contributed by atoms with Crippen LogP contribution in [0.25, 0.3) is 0 Å². The van der Waals surface area contributed by atoms with Crippen molar-refractivity contribution in [2.45, 2.75) is 20.3 Å². The molecule has 2 N–H and O–H groups in total. The molecule has 0 unspecified atom stereocenters. The first-order valence-corrected chi connectivity index (χ1v) is 7.51. The maximum Gasteiger partial charge on any atom is 0.233 e. The van der Waals surface area contributed by atoms with E-state index in [2.05, 4.69) is 24.5 Å². The molecule has 2 rings (SSSR count). The molecule has 5 heteroatoms. The molecule has 0 aliphatic carbocycles. The molecule has 0 spiro atoms. The Bertz CT molecular complexity index is 475. The van der Waals surface area contributed by atoms with Crippen molar-refractivity contribution in [3.63, 3.8) is 0 Å². The zero-order valence-electron chi connectivity index (χ0n) is 12.8. The molecule has 1 aliphatic heterocycles. The predicted octanol–water partition coefficient (Wildman–Crippen LogP) is 1.36. The van der Waals surface area contributed by atoms with Crippen molar-refractivity contribution in [1.29, 1.82) is 0 Å². The van der Waals surface area contributed by atoms with Crippen LogP contribution < -0.4 is 20.1 Å². The SMILES string of the molecule is CC(C)CNC(=O)CNCCc1ccc2c(c1)OCCO2. The summed E-state index contributed by atoms with van der Waals surface area (Å²) in [7, 11) is 0. The minimum atomic E-state index is 0.0471. The molecule has 0 radical (unpaired) electrons. The number of benzene rings is 1. The molecule has 0 bridgehead atoms. The standard InChI is InChI=1S/C16H24N2O3/c1-12(2)10-18-16(19)11-17-6-5-13-3-4-14-15(9-13)21-8-7-20-14/h3-4,9,12,17H,5-8,10-11H2,1-2H3,(H,18,19). The predicted molar refractivity (Wildman–Crippen MR) is 81.9 cm³/mol. The number of carbonyl (C=O) groups is 1. The average molecular weight is 292 g/mol. The fourth-order valence-electron chi connectivity index (χ4n) is 2.06. The highest BCUT2D eigenvalue weighted by molar-refractivity contribution is 5.77. The first kappa shape index (κ1) is 15.6. The summed E-state index contributed by atoms with van der Waals surface area (Å²) in [5, 5.41) is 6.04. The molecule has 0 atom stereocenters. The van der Waals surface area contributed by atoms with Gasteiger partial charge in [0.2, 0.25) is 5.91 Å². The van der Waals surface area contributed by atoms with Crippen molar-refractivity contribution in [2.75, 3.05) is 32.8 Å². The third-order valence-corrected chi connectivity index (χ3v) is 3.19. The second-order valence-corrected chi connectivity index (χ2v) is 5.60. The van der Waals surface area contributed by atoms with Crippen molar-refractivity contribution < 1.29 is 14.3 Å². The van der Waals surface area contributed by atoms with Crippen LogP contribution in [0.2, 0.25) is 0 Å². The van der Waals surface area contributed by atoms with Gasteiger partial charge in [0, 0.05) is 6.54 Å². The Labute approximate surface area is 126 Å². The highest BCUT2D eigenvalue weighted by Crippen LogP contribution is 2.30. The molecule has 0 saturated heterocycles. The van der Waals surface area contributed by atoms with Crippen LogP contribution in [-0.4, -0.2) is 38.8 Å². The van der Waals surface area contributed by atoms with Crippen LogP contribution >= 0.6 is 0 Å². The van der Waals surface area contributed by atoms with Crippen molar-refractivity contribution in [3.8, 4) is 11.5 Å². The number of amides is 1. The van der Waals surface area contributed by atoms with Gasteiger partial charge < -0.3 is 20.1 Å². The lowest BCUT2D eigenvalue weighted by Gasteiger charge is -2.18. The Hall–Kier alpha value is -1.75. The van der Waals surface area contributed by atoms with Gasteiger partial charge in [0.15, 0.2) is 11.5 Å². The molecule has 116 valence electrons. The molecule has 0 fully saturated rings. The number of fused-ring (bicyclic) bond motifs is 1. The topological polar surface area (TPSA) is 59.6 Å². The number of rotatable bonds is 7. The Morgan fingerprint density at radius 2 is 2.00 bits per heavy atom. The van der Waals surface area contributed by atoms with E-state index in [1.165, 1.54) is 5.56 Å². The zero-order chi connectivity index (χ0) is 15.1. The summed E-state index contributed by atoms with van der Waals surface area (Å²) in [5.41, 5.74) is 1.18. The van der Waals surface area contributed by atoms with Crippen LogP contribution in [0.15, 0.2) is 18.2 Å². The molecule has 1 aromatic carbocycles. The highest BCUT2D eigenvalue weighted by Gasteiger charge is 2.11. The fourth-order valence-corrected chi connectivity index (χ4v) is 2.06. The molecule has 1 aromatic rings. The summed E-state index contributed by atoms with van der Waals surface area (Å²) in [6, 6.07) is 5.99. The van der Waals surface area contributed by atoms with E-state index in [1.807, 2.05) is 18.2 Å². The quantitative estimate of drug-likeness (QED) is 0.745. The van der Waals surface area contributed by atoms with Crippen LogP contribution in [-0.2, 0) is 11.2 Å². The summed E-state index contributed by atoms with van der Waals surface area (Å²) >= 11 is 0. The third kappa shape index (κ3) is 5.27. The lowest BCUT2D eigenvalue weighted by atomic mass is 10.1. The van der Waals surface area contributed by atoms with Gasteiger partial charge in [0.1, 0.15) is 13.2 Å². The summed E-state index contributed by atoms with van der Waals surface area (Å²) in [6.45, 7) is 7.21. The normalized spacial score (nSPS) is 13.3. The minimum Gasteiger partial charge on any atom is -0.486 e. The Kier molecular flexibility index (Phi) is 5.87. The van der Waals surface area contributed by atoms with E-state index in [0.29, 0.717) is 25.7 Å². The second kappa shape index (κ2) is 7.88. The van der Waals surface area contributed by atoms with Gasteiger partial charge >= 0.3 is 0 Å². The van der Waals surface area contributed by atoms with Gasteiger partial charge in [-0.1, -0.05) is 19.9 Å². The van der Waals surface area contributed by atoms with E-state index < -0.39 is 0 Å². The first-order chi connectivity index (χ1) is 10.1. The molecule has 1 heterocycles. The molecule has 0 saturated carbocycles. The summed E-state index contributed by atoms with van der Waals surface area (Å²) in [6.07, 6.45) is 0.855. The van der Waals surface area contributed by atoms with Crippen molar-refractivity contribution >= 4 is 5.91 Å². The largest absolute Gasteiger partial charge is 0.486 e. The van der Waals surface area contributed by atoms with E-state index in [4.69, 9.17) is 9.47 Å². The van der Waals surface area contributed by atoms with Crippen LogP contribution in [0.5, 0.6) is 11.5 Å². The fraction of sp³-hybridized carbons (Fsp3) is 0.562. The zero-order valence-corrected chi connectivity index (χ0v) is 12.8. The van der Waals surface area contributed by atoms with E-state index >= 15 is 0 Å². The van der Waals surface area contributed by atoms with Crippen LogP contribution in [0.1, 0.15) is 19.4 Å². The molecule has 5 nitrogen and oxygen atoms in total. The number of carbonyl (C=O) groups excluding carboxylic acids is 1. The van der Waals surface area contributed by atoms with E-state index in [9.17, 15) is 4.79 Å². The monoisotopic (exact) mass is 292 g/mol. The Morgan fingerprint density at radius 3 is 2.76 bits per heavy atom. The molecule has 1 aliphatic rings. The summed E-state index contributed by atoms with van der Waals surface area (Å²) < 4.78 is 11.0. The van der Waals surface area contributed by atoms with Crippen molar-refractivity contribution in [3.05, 3.63) is 23.8 Å². The smallest absolute Gasteiger partial charge is 0.233 e. The molecule has 0 aromatic heterocycles. The number of nitrogens with one attached hydrogen (secondary N) is 2.